The van der Waals surface area contributed by atoms with Gasteiger partial charge in [0, 0.05) is 0 Å². The third-order valence-electron chi connectivity index (χ3n) is 2.21. The molecule has 0 bridgehead atoms. The molecule has 0 aromatic carbocycles. The third kappa shape index (κ3) is 7.77. The summed E-state index contributed by atoms with van der Waals surface area (Å²) >= 11 is 0. The van der Waals surface area contributed by atoms with Crippen LogP contribution in [0.1, 0.15) is 26.2 Å². The molecule has 1 fully saturated rings. The molecule has 1 unspecified atom stereocenters. The third-order valence-corrected chi connectivity index (χ3v) is 2.21. The molecule has 0 aromatic heterocycles. The molecule has 0 aromatic rings. The second-order valence-corrected chi connectivity index (χ2v) is 2.81. The zero-order valence-electron chi connectivity index (χ0n) is 8.85. The van der Waals surface area contributed by atoms with Gasteiger partial charge in [0.15, 0.2) is 0 Å². The van der Waals surface area contributed by atoms with E-state index in [1.807, 2.05) is 0 Å². The van der Waals surface area contributed by atoms with Crippen LogP contribution in [0.3, 0.4) is 0 Å². The van der Waals surface area contributed by atoms with Crippen molar-refractivity contribution in [2.24, 2.45) is 5.92 Å². The molecular formula is C11H16Cl3Ti-2. The summed E-state index contributed by atoms with van der Waals surface area (Å²) in [4.78, 5) is 0. The Bertz CT molecular complexity index is 179. The summed E-state index contributed by atoms with van der Waals surface area (Å²) in [5.74, 6) is 0.884. The molecule has 0 nitrogen and oxygen atoms in total. The van der Waals surface area contributed by atoms with Crippen LogP contribution in [0.4, 0.5) is 0 Å². The van der Waals surface area contributed by atoms with Gasteiger partial charge >= 0.3 is 21.7 Å². The van der Waals surface area contributed by atoms with Gasteiger partial charge in [0.25, 0.3) is 0 Å². The summed E-state index contributed by atoms with van der Waals surface area (Å²) in [7, 11) is 0. The van der Waals surface area contributed by atoms with Gasteiger partial charge in [-0.3, -0.25) is 0 Å². The van der Waals surface area contributed by atoms with E-state index in [9.17, 15) is 0 Å². The van der Waals surface area contributed by atoms with Crippen LogP contribution in [0, 0.1) is 19.3 Å². The van der Waals surface area contributed by atoms with Crippen LogP contribution < -0.4 is 37.2 Å². The molecule has 4 heteroatoms. The Morgan fingerprint density at radius 1 is 1.27 bits per heavy atom. The molecule has 2 rings (SSSR count). The number of allylic oxidation sites excluding steroid dienone is 4. The number of hydrogen-bond acceptors (Lipinski definition) is 0. The number of hydrogen-bond donors (Lipinski definition) is 0. The maximum Gasteiger partial charge on any atom is 3.00 e. The normalized spacial score (nSPS) is 19.1. The molecule has 1 radical (unpaired) electrons. The van der Waals surface area contributed by atoms with Crippen LogP contribution in [0.5, 0.6) is 0 Å². The molecule has 15 heavy (non-hydrogen) atoms. The average molecular weight is 302 g/mol. The summed E-state index contributed by atoms with van der Waals surface area (Å²) in [6.45, 7) is 5.00. The van der Waals surface area contributed by atoms with Crippen LogP contribution >= 0.6 is 0 Å². The molecule has 0 amide bonds. The molecule has 0 aliphatic heterocycles. The maximum absolute atomic E-state index is 3.25. The minimum Gasteiger partial charge on any atom is -1.00 e. The Morgan fingerprint density at radius 2 is 1.87 bits per heavy atom. The Labute approximate surface area is 127 Å². The van der Waals surface area contributed by atoms with Crippen molar-refractivity contribution in [3.63, 3.8) is 0 Å². The second-order valence-electron chi connectivity index (χ2n) is 2.81. The van der Waals surface area contributed by atoms with E-state index in [-0.39, 0.29) is 58.9 Å². The zero-order chi connectivity index (χ0) is 8.10. The minimum absolute atomic E-state index is 0. The fraction of sp³-hybridized carbons (Fsp3) is 0.455. The van der Waals surface area contributed by atoms with Crippen LogP contribution in [0.15, 0.2) is 23.8 Å². The van der Waals surface area contributed by atoms with E-state index in [4.69, 9.17) is 0 Å². The molecule has 1 saturated carbocycles. The van der Waals surface area contributed by atoms with Crippen molar-refractivity contribution in [1.82, 2.24) is 0 Å². The van der Waals surface area contributed by atoms with E-state index >= 15 is 0 Å². The van der Waals surface area contributed by atoms with Gasteiger partial charge in [-0.2, -0.15) is 6.92 Å². The maximum atomic E-state index is 3.25. The summed E-state index contributed by atoms with van der Waals surface area (Å²) in [6, 6.07) is 0. The Hall–Kier alpha value is 0.934. The van der Waals surface area contributed by atoms with Gasteiger partial charge in [-0.05, 0) is 12.3 Å². The Kier molecular flexibility index (Phi) is 24.8. The molecule has 2 aliphatic rings. The van der Waals surface area contributed by atoms with Gasteiger partial charge in [-0.1, -0.05) is 6.42 Å². The van der Waals surface area contributed by atoms with Crippen molar-refractivity contribution >= 4 is 0 Å². The minimum atomic E-state index is 0. The summed E-state index contributed by atoms with van der Waals surface area (Å²) < 4.78 is 0. The van der Waals surface area contributed by atoms with Gasteiger partial charge in [0.1, 0.15) is 0 Å². The SMILES string of the molecule is C1=CCC2CC[CH-]C2=C1.[CH2-]C.[Cl-].[Cl-].[Cl-].[Ti+3]. The predicted molar refractivity (Wildman–Crippen MR) is 49.9 cm³/mol. The van der Waals surface area contributed by atoms with Crippen LogP contribution in [0.25, 0.3) is 0 Å². The monoisotopic (exact) mass is 301 g/mol. The van der Waals surface area contributed by atoms with Crippen LogP contribution in [-0.4, -0.2) is 0 Å². The number of fused-ring (bicyclic) bond motifs is 1. The van der Waals surface area contributed by atoms with Crippen LogP contribution in [0.2, 0.25) is 0 Å². The zero-order valence-corrected chi connectivity index (χ0v) is 12.7. The average Bonchev–Trinajstić information content (AvgIpc) is 2.55. The molecule has 0 spiro atoms. The smallest absolute Gasteiger partial charge is 1.00 e. The van der Waals surface area contributed by atoms with E-state index in [2.05, 4.69) is 31.6 Å². The van der Waals surface area contributed by atoms with Gasteiger partial charge < -0.3 is 44.1 Å². The fourth-order valence-corrected chi connectivity index (χ4v) is 1.66. The summed E-state index contributed by atoms with van der Waals surface area (Å²) in [6.07, 6.45) is 13.0. The topological polar surface area (TPSA) is 0 Å². The first-order valence-corrected chi connectivity index (χ1v) is 4.37. The van der Waals surface area contributed by atoms with E-state index in [1.54, 1.807) is 12.5 Å². The van der Waals surface area contributed by atoms with Crippen molar-refractivity contribution in [1.29, 1.82) is 0 Å². The second kappa shape index (κ2) is 14.9. The van der Waals surface area contributed by atoms with E-state index in [0.29, 0.717) is 0 Å². The van der Waals surface area contributed by atoms with Gasteiger partial charge in [-0.25, -0.2) is 18.1 Å². The summed E-state index contributed by atoms with van der Waals surface area (Å²) in [5, 5.41) is 0. The predicted octanol–water partition coefficient (Wildman–Crippen LogP) is -5.66. The Morgan fingerprint density at radius 3 is 2.40 bits per heavy atom. The van der Waals surface area contributed by atoms with Crippen molar-refractivity contribution < 1.29 is 58.9 Å². The first-order valence-electron chi connectivity index (χ1n) is 4.37. The largest absolute Gasteiger partial charge is 3.00 e. The standard InChI is InChI=1S/C9H11.C2H5.3ClH.Ti/c1-2-5-9-7-3-6-8(9)4-1;1-2;;;;/h1-2,4,6,9H,3,5,7H2;1H2,2H3;3*1H;/q2*-1;;;;+3/p-3. The van der Waals surface area contributed by atoms with Gasteiger partial charge in [0.2, 0.25) is 0 Å². The fourth-order valence-electron chi connectivity index (χ4n) is 1.66. The molecular weight excluding hydrogens is 286 g/mol. The van der Waals surface area contributed by atoms with Crippen molar-refractivity contribution in [2.75, 3.05) is 0 Å². The van der Waals surface area contributed by atoms with Gasteiger partial charge in [0.05, 0.1) is 0 Å². The van der Waals surface area contributed by atoms with Gasteiger partial charge in [-0.15, -0.1) is 18.6 Å². The van der Waals surface area contributed by atoms with Crippen molar-refractivity contribution in [3.05, 3.63) is 37.1 Å². The first-order chi connectivity index (χ1) is 5.47. The molecule has 87 valence electrons. The quantitative estimate of drug-likeness (QED) is 0.309. The Balaban J connectivity index is -0.0000000959. The van der Waals surface area contributed by atoms with E-state index in [0.717, 1.165) is 5.92 Å². The molecule has 1 atom stereocenters. The number of rotatable bonds is 0. The molecule has 0 saturated heterocycles. The number of halogens is 3. The summed E-state index contributed by atoms with van der Waals surface area (Å²) in [5.41, 5.74) is 1.58. The molecule has 0 N–H and O–H groups in total. The van der Waals surface area contributed by atoms with E-state index in [1.165, 1.54) is 19.3 Å². The molecule has 0 heterocycles. The van der Waals surface area contributed by atoms with Crippen molar-refractivity contribution in [3.8, 4) is 0 Å². The molecule has 2 aliphatic carbocycles. The van der Waals surface area contributed by atoms with E-state index < -0.39 is 0 Å². The van der Waals surface area contributed by atoms with Crippen molar-refractivity contribution in [2.45, 2.75) is 26.2 Å². The van der Waals surface area contributed by atoms with Crippen LogP contribution in [-0.2, 0) is 21.7 Å². The first kappa shape index (κ1) is 25.0.